The number of hydroxylamine groups is 1. The Balaban J connectivity index is 1.59. The van der Waals surface area contributed by atoms with Crippen molar-refractivity contribution < 1.29 is 39.1 Å². The van der Waals surface area contributed by atoms with Gasteiger partial charge in [0.25, 0.3) is 5.91 Å². The van der Waals surface area contributed by atoms with Crippen molar-refractivity contribution in [1.29, 1.82) is 0 Å². The molecule has 1 aromatic carbocycles. The SMILES string of the molecule is CCN1CCN(C(=O)NC(C(=O)N[C@]2(NO)C(=O)N3C(C(=O)O)=C(CN=[N+]=[N-])CS[C@@H]32)c2ccccc2)C(=O)C1=O. The Bertz CT molecular complexity index is 1380. The summed E-state index contributed by atoms with van der Waals surface area (Å²) < 4.78 is 0. The number of piperazine rings is 1. The van der Waals surface area contributed by atoms with E-state index in [1.165, 1.54) is 17.0 Å². The van der Waals surface area contributed by atoms with Gasteiger partial charge in [-0.2, -0.15) is 5.48 Å². The molecule has 2 saturated heterocycles. The number of amides is 6. The number of hydrogen-bond acceptors (Lipinski definition) is 10. The Kier molecular flexibility index (Phi) is 8.48. The molecule has 18 heteroatoms. The first kappa shape index (κ1) is 29.3. The lowest BCUT2D eigenvalue weighted by molar-refractivity contribution is -0.171. The smallest absolute Gasteiger partial charge is 0.352 e. The van der Waals surface area contributed by atoms with E-state index in [-0.39, 0.29) is 43.1 Å². The minimum Gasteiger partial charge on any atom is -0.477 e. The number of imide groups is 1. The van der Waals surface area contributed by atoms with Crippen LogP contribution in [0.15, 0.2) is 46.7 Å². The fourth-order valence-corrected chi connectivity index (χ4v) is 6.09. The van der Waals surface area contributed by atoms with Crippen molar-refractivity contribution in [2.45, 2.75) is 24.0 Å². The third kappa shape index (κ3) is 5.16. The van der Waals surface area contributed by atoms with E-state index in [1.54, 1.807) is 30.6 Å². The number of likely N-dealkylation sites (N-methyl/N-ethyl adjacent to an activating group) is 1. The molecule has 3 heterocycles. The van der Waals surface area contributed by atoms with Gasteiger partial charge in [0.05, 0.1) is 6.54 Å². The maximum absolute atomic E-state index is 13.6. The van der Waals surface area contributed by atoms with Crippen LogP contribution in [0.4, 0.5) is 4.79 Å². The van der Waals surface area contributed by atoms with Gasteiger partial charge in [0.15, 0.2) is 0 Å². The van der Waals surface area contributed by atoms with Crippen molar-refractivity contribution in [3.05, 3.63) is 57.6 Å². The number of hydrogen-bond donors (Lipinski definition) is 5. The number of thioether (sulfide) groups is 1. The first-order chi connectivity index (χ1) is 19.6. The monoisotopic (exact) mass is 587 g/mol. The summed E-state index contributed by atoms with van der Waals surface area (Å²) in [5.41, 5.74) is 8.20. The highest BCUT2D eigenvalue weighted by molar-refractivity contribution is 8.00. The van der Waals surface area contributed by atoms with E-state index < -0.39 is 58.4 Å². The molecule has 3 atom stereocenters. The molecule has 3 aliphatic rings. The topological polar surface area (TPSA) is 237 Å². The van der Waals surface area contributed by atoms with Crippen molar-refractivity contribution in [1.82, 2.24) is 30.8 Å². The number of benzene rings is 1. The fourth-order valence-electron chi connectivity index (χ4n) is 4.69. The van der Waals surface area contributed by atoms with E-state index >= 15 is 0 Å². The number of azide groups is 1. The van der Waals surface area contributed by atoms with Crippen LogP contribution < -0.4 is 16.1 Å². The number of β-lactam (4-membered cyclic amide) rings is 1. The Morgan fingerprint density at radius 3 is 2.51 bits per heavy atom. The second-order valence-electron chi connectivity index (χ2n) is 9.03. The highest BCUT2D eigenvalue weighted by Crippen LogP contribution is 2.45. The predicted molar refractivity (Wildman–Crippen MR) is 139 cm³/mol. The van der Waals surface area contributed by atoms with Gasteiger partial charge < -0.3 is 25.8 Å². The highest BCUT2D eigenvalue weighted by Gasteiger charge is 2.66. The van der Waals surface area contributed by atoms with Crippen LogP contribution in [-0.4, -0.2) is 104 Å². The van der Waals surface area contributed by atoms with E-state index in [1.807, 2.05) is 0 Å². The summed E-state index contributed by atoms with van der Waals surface area (Å²) in [6.07, 6.45) is 0. The number of carbonyl (C=O) groups excluding carboxylic acids is 5. The van der Waals surface area contributed by atoms with Crippen LogP contribution in [0.2, 0.25) is 0 Å². The molecule has 5 N–H and O–H groups in total. The summed E-state index contributed by atoms with van der Waals surface area (Å²) in [4.78, 5) is 82.2. The van der Waals surface area contributed by atoms with Crippen LogP contribution >= 0.6 is 11.8 Å². The van der Waals surface area contributed by atoms with Gasteiger partial charge in [-0.3, -0.25) is 29.0 Å². The molecule has 0 radical (unpaired) electrons. The van der Waals surface area contributed by atoms with Crippen molar-refractivity contribution in [3.8, 4) is 0 Å². The lowest BCUT2D eigenvalue weighted by atomic mass is 9.94. The molecule has 1 unspecified atom stereocenters. The predicted octanol–water partition coefficient (Wildman–Crippen LogP) is -0.517. The molecule has 6 amide bonds. The molecule has 0 saturated carbocycles. The Morgan fingerprint density at radius 1 is 1.20 bits per heavy atom. The van der Waals surface area contributed by atoms with Crippen molar-refractivity contribution in [2.75, 3.05) is 31.9 Å². The van der Waals surface area contributed by atoms with Crippen LogP contribution in [0.3, 0.4) is 0 Å². The van der Waals surface area contributed by atoms with Gasteiger partial charge in [-0.05, 0) is 23.6 Å². The number of nitrogens with one attached hydrogen (secondary N) is 3. The van der Waals surface area contributed by atoms with Gasteiger partial charge in [-0.15, -0.1) is 11.8 Å². The Labute approximate surface area is 236 Å². The van der Waals surface area contributed by atoms with E-state index in [2.05, 4.69) is 20.7 Å². The van der Waals surface area contributed by atoms with Gasteiger partial charge in [0.1, 0.15) is 17.1 Å². The van der Waals surface area contributed by atoms with Gasteiger partial charge >= 0.3 is 23.8 Å². The fraction of sp³-hybridized carbons (Fsp3) is 0.391. The number of carbonyl (C=O) groups is 6. The van der Waals surface area contributed by atoms with E-state index in [0.717, 1.165) is 16.7 Å². The van der Waals surface area contributed by atoms with E-state index in [9.17, 15) is 39.1 Å². The van der Waals surface area contributed by atoms with Crippen LogP contribution in [0.1, 0.15) is 18.5 Å². The summed E-state index contributed by atoms with van der Waals surface area (Å²) >= 11 is 0.998. The number of carboxylic acid groups (broad SMARTS) is 1. The third-order valence-corrected chi connectivity index (χ3v) is 8.17. The van der Waals surface area contributed by atoms with Crippen molar-refractivity contribution in [3.63, 3.8) is 0 Å². The number of fused-ring (bicyclic) bond motifs is 1. The summed E-state index contributed by atoms with van der Waals surface area (Å²) in [6.45, 7) is 1.67. The normalized spacial score (nSPS) is 22.8. The summed E-state index contributed by atoms with van der Waals surface area (Å²) in [6, 6.07) is 5.31. The standard InChI is InChI=1S/C23H25N9O8S/c1-2-30-8-9-31(18(35)17(30)34)22(39)26-14(12-6-4-3-5-7-12)16(33)27-23(28-40)20(38)32-15(19(36)37)13(10-25-29-24)11-41-21(23)32/h3-7,14,21,28,40H,2,8-11H2,1H3,(H,26,39)(H,27,33)(H,36,37)/t14?,21-,23+/m1/s1. The number of rotatable bonds is 9. The van der Waals surface area contributed by atoms with Crippen molar-refractivity contribution >= 4 is 47.4 Å². The molecule has 4 rings (SSSR count). The maximum atomic E-state index is 13.6. The zero-order valence-corrected chi connectivity index (χ0v) is 22.3. The molecular weight excluding hydrogens is 562 g/mol. The van der Waals surface area contributed by atoms with Crippen molar-refractivity contribution in [2.24, 2.45) is 5.11 Å². The molecule has 0 aromatic heterocycles. The molecule has 0 spiro atoms. The highest BCUT2D eigenvalue weighted by atomic mass is 32.2. The molecule has 2 fully saturated rings. The molecule has 0 aliphatic carbocycles. The minimum atomic E-state index is -2.18. The second-order valence-corrected chi connectivity index (χ2v) is 10.1. The van der Waals surface area contributed by atoms with E-state index in [0.29, 0.717) is 4.90 Å². The first-order valence-electron chi connectivity index (χ1n) is 12.2. The average molecular weight is 588 g/mol. The number of aliphatic carboxylic acids is 1. The average Bonchev–Trinajstić information content (AvgIpc) is 2.98. The third-order valence-electron chi connectivity index (χ3n) is 6.78. The molecule has 1 aromatic rings. The molecular formula is C23H25N9O8S. The van der Waals surface area contributed by atoms with Crippen LogP contribution in [0, 0.1) is 0 Å². The van der Waals surface area contributed by atoms with Gasteiger partial charge in [0, 0.05) is 30.3 Å². The van der Waals surface area contributed by atoms with Crippen LogP contribution in [0.5, 0.6) is 0 Å². The van der Waals surface area contributed by atoms with Gasteiger partial charge in [0.2, 0.25) is 11.6 Å². The van der Waals surface area contributed by atoms with E-state index in [4.69, 9.17) is 5.53 Å². The first-order valence-corrected chi connectivity index (χ1v) is 13.3. The maximum Gasteiger partial charge on any atom is 0.352 e. The Morgan fingerprint density at radius 2 is 1.90 bits per heavy atom. The quantitative estimate of drug-likeness (QED) is 0.0471. The lowest BCUT2D eigenvalue weighted by Crippen LogP contribution is -2.85. The van der Waals surface area contributed by atoms with Crippen LogP contribution in [-0.2, 0) is 24.0 Å². The largest absolute Gasteiger partial charge is 0.477 e. The number of nitrogens with zero attached hydrogens (tertiary/aromatic N) is 6. The molecule has 3 aliphatic heterocycles. The summed E-state index contributed by atoms with van der Waals surface area (Å²) in [5, 5.41) is 26.8. The van der Waals surface area contributed by atoms with Gasteiger partial charge in [-0.25, -0.2) is 9.59 Å². The zero-order chi connectivity index (χ0) is 29.9. The second kappa shape index (κ2) is 11.8. The molecule has 41 heavy (non-hydrogen) atoms. The number of carboxylic acids is 1. The summed E-state index contributed by atoms with van der Waals surface area (Å²) in [5.74, 6) is -5.39. The lowest BCUT2D eigenvalue weighted by Gasteiger charge is -2.56. The molecule has 17 nitrogen and oxygen atoms in total. The summed E-state index contributed by atoms with van der Waals surface area (Å²) in [7, 11) is 0. The zero-order valence-electron chi connectivity index (χ0n) is 21.5. The molecule has 0 bridgehead atoms. The Hall–Kier alpha value is -4.64. The number of urea groups is 1. The van der Waals surface area contributed by atoms with Gasteiger partial charge in [-0.1, -0.05) is 35.4 Å². The van der Waals surface area contributed by atoms with Crippen LogP contribution in [0.25, 0.3) is 10.4 Å². The molecule has 216 valence electrons. The minimum absolute atomic E-state index is 0.00707.